The predicted octanol–water partition coefficient (Wildman–Crippen LogP) is 1.37. The first-order valence-corrected chi connectivity index (χ1v) is 5.17. The number of hydrogen-bond acceptors (Lipinski definition) is 3. The van der Waals surface area contributed by atoms with E-state index in [1.807, 2.05) is 6.07 Å². The number of rotatable bonds is 5. The molecule has 1 aromatic carbocycles. The van der Waals surface area contributed by atoms with Crippen LogP contribution in [0.25, 0.3) is 0 Å². The van der Waals surface area contributed by atoms with E-state index < -0.39 is 0 Å². The highest BCUT2D eigenvalue weighted by Crippen LogP contribution is 2.28. The van der Waals surface area contributed by atoms with Gasteiger partial charge >= 0.3 is 0 Å². The molecular formula is C10H12BBrO3. The summed E-state index contributed by atoms with van der Waals surface area (Å²) in [6, 6.07) is 3.60. The Morgan fingerprint density at radius 1 is 1.27 bits per heavy atom. The molecule has 0 saturated carbocycles. The summed E-state index contributed by atoms with van der Waals surface area (Å²) in [4.78, 5) is 0. The normalized spacial score (nSPS) is 10.3. The van der Waals surface area contributed by atoms with E-state index in [4.69, 9.17) is 22.1 Å². The van der Waals surface area contributed by atoms with Crippen LogP contribution in [0, 0.1) is 0 Å². The molecule has 1 rings (SSSR count). The number of methoxy groups -OCH3 is 2. The summed E-state index contributed by atoms with van der Waals surface area (Å²) in [6.45, 7) is 0.641. The van der Waals surface area contributed by atoms with Crippen LogP contribution in [-0.2, 0) is 16.1 Å². The van der Waals surface area contributed by atoms with Crippen LogP contribution in [0.15, 0.2) is 16.6 Å². The largest absolute Gasteiger partial charge is 0.466 e. The maximum absolute atomic E-state index is 5.71. The lowest BCUT2D eigenvalue weighted by Gasteiger charge is -2.13. The summed E-state index contributed by atoms with van der Waals surface area (Å²) in [5.41, 5.74) is 1.56. The van der Waals surface area contributed by atoms with Gasteiger partial charge in [0.25, 0.3) is 0 Å². The van der Waals surface area contributed by atoms with Crippen molar-refractivity contribution in [1.29, 1.82) is 0 Å². The standard InChI is InChI=1S/C10H12BBrO3/c1-13-5-7-3-8(11)4-9(12)10(7)15-6-14-2/h3-4H,5-6H2,1-2H3. The number of benzene rings is 1. The van der Waals surface area contributed by atoms with E-state index in [1.165, 1.54) is 0 Å². The lowest BCUT2D eigenvalue weighted by Crippen LogP contribution is -2.09. The maximum atomic E-state index is 5.71. The summed E-state index contributed by atoms with van der Waals surface area (Å²) in [5.74, 6) is 0.702. The minimum atomic E-state index is 0.194. The second kappa shape index (κ2) is 6.15. The summed E-state index contributed by atoms with van der Waals surface area (Å²) in [5, 5.41) is 0. The van der Waals surface area contributed by atoms with Crippen molar-refractivity contribution in [3.8, 4) is 5.75 Å². The third kappa shape index (κ3) is 3.52. The first-order chi connectivity index (χ1) is 7.19. The number of ether oxygens (including phenoxy) is 3. The minimum Gasteiger partial charge on any atom is -0.466 e. The van der Waals surface area contributed by atoms with Crippen LogP contribution in [0.5, 0.6) is 5.75 Å². The molecule has 0 aromatic heterocycles. The van der Waals surface area contributed by atoms with E-state index in [1.54, 1.807) is 20.3 Å². The van der Waals surface area contributed by atoms with E-state index in [9.17, 15) is 0 Å². The van der Waals surface area contributed by atoms with Crippen molar-refractivity contribution in [3.05, 3.63) is 22.2 Å². The molecule has 0 amide bonds. The topological polar surface area (TPSA) is 27.7 Å². The second-order valence-corrected chi connectivity index (χ2v) is 3.83. The molecule has 0 atom stereocenters. The molecule has 0 aliphatic rings. The third-order valence-corrected chi connectivity index (χ3v) is 2.35. The lowest BCUT2D eigenvalue weighted by atomic mass is 9.94. The Labute approximate surface area is 99.3 Å². The molecular weight excluding hydrogens is 259 g/mol. The van der Waals surface area contributed by atoms with Crippen LogP contribution < -0.4 is 10.2 Å². The van der Waals surface area contributed by atoms with Crippen molar-refractivity contribution >= 4 is 29.2 Å². The van der Waals surface area contributed by atoms with E-state index in [0.717, 1.165) is 10.0 Å². The summed E-state index contributed by atoms with van der Waals surface area (Å²) >= 11 is 3.38. The highest BCUT2D eigenvalue weighted by molar-refractivity contribution is 9.10. The molecule has 2 radical (unpaired) electrons. The Morgan fingerprint density at radius 2 is 2.00 bits per heavy atom. The van der Waals surface area contributed by atoms with Gasteiger partial charge in [-0.05, 0) is 15.9 Å². The Kier molecular flexibility index (Phi) is 5.15. The molecule has 0 aliphatic heterocycles. The third-order valence-electron chi connectivity index (χ3n) is 1.76. The van der Waals surface area contributed by atoms with Crippen molar-refractivity contribution < 1.29 is 14.2 Å². The van der Waals surface area contributed by atoms with Gasteiger partial charge in [-0.3, -0.25) is 0 Å². The molecule has 5 heteroatoms. The predicted molar refractivity (Wildman–Crippen MR) is 62.7 cm³/mol. The van der Waals surface area contributed by atoms with Crippen LogP contribution in [0.2, 0.25) is 0 Å². The molecule has 80 valence electrons. The SMILES string of the molecule is [B]c1cc(Br)c(OCOC)c(COC)c1. The van der Waals surface area contributed by atoms with Gasteiger partial charge in [0.15, 0.2) is 6.79 Å². The lowest BCUT2D eigenvalue weighted by molar-refractivity contribution is 0.0483. The zero-order chi connectivity index (χ0) is 11.3. The van der Waals surface area contributed by atoms with E-state index >= 15 is 0 Å². The van der Waals surface area contributed by atoms with Crippen molar-refractivity contribution in [3.63, 3.8) is 0 Å². The van der Waals surface area contributed by atoms with E-state index in [0.29, 0.717) is 17.8 Å². The van der Waals surface area contributed by atoms with Crippen LogP contribution in [0.3, 0.4) is 0 Å². The zero-order valence-electron chi connectivity index (χ0n) is 8.75. The summed E-state index contributed by atoms with van der Waals surface area (Å²) < 4.78 is 16.1. The Morgan fingerprint density at radius 3 is 2.60 bits per heavy atom. The molecule has 1 aromatic rings. The van der Waals surface area contributed by atoms with Gasteiger partial charge < -0.3 is 14.2 Å². The number of halogens is 1. The first-order valence-electron chi connectivity index (χ1n) is 4.37. The number of hydrogen-bond donors (Lipinski definition) is 0. The molecule has 0 heterocycles. The molecule has 0 fully saturated rings. The van der Waals surface area contributed by atoms with Gasteiger partial charge in [-0.15, -0.1) is 0 Å². The highest BCUT2D eigenvalue weighted by atomic mass is 79.9. The van der Waals surface area contributed by atoms with Gasteiger partial charge in [0.2, 0.25) is 0 Å². The van der Waals surface area contributed by atoms with Crippen LogP contribution in [0.4, 0.5) is 0 Å². The molecule has 15 heavy (non-hydrogen) atoms. The fourth-order valence-corrected chi connectivity index (χ4v) is 1.85. The van der Waals surface area contributed by atoms with Crippen molar-refractivity contribution in [1.82, 2.24) is 0 Å². The van der Waals surface area contributed by atoms with E-state index in [2.05, 4.69) is 15.9 Å². The molecule has 0 unspecified atom stereocenters. The van der Waals surface area contributed by atoms with Gasteiger partial charge in [-0.25, -0.2) is 0 Å². The molecule has 0 spiro atoms. The fourth-order valence-electron chi connectivity index (χ4n) is 1.22. The van der Waals surface area contributed by atoms with Gasteiger partial charge in [0.1, 0.15) is 13.6 Å². The molecule has 0 aliphatic carbocycles. The average molecular weight is 271 g/mol. The Bertz CT molecular complexity index is 331. The summed E-state index contributed by atoms with van der Waals surface area (Å²) in [6.07, 6.45) is 0. The molecule has 0 bridgehead atoms. The van der Waals surface area contributed by atoms with E-state index in [-0.39, 0.29) is 6.79 Å². The van der Waals surface area contributed by atoms with Gasteiger partial charge in [-0.2, -0.15) is 0 Å². The highest BCUT2D eigenvalue weighted by Gasteiger charge is 2.09. The monoisotopic (exact) mass is 270 g/mol. The first kappa shape index (κ1) is 12.6. The molecule has 0 N–H and O–H groups in total. The maximum Gasteiger partial charge on any atom is 0.188 e. The molecule has 3 nitrogen and oxygen atoms in total. The quantitative estimate of drug-likeness (QED) is 0.598. The molecule has 0 saturated heterocycles. The van der Waals surface area contributed by atoms with Crippen molar-refractivity contribution in [2.45, 2.75) is 6.61 Å². The minimum absolute atomic E-state index is 0.194. The van der Waals surface area contributed by atoms with Gasteiger partial charge in [0.05, 0.1) is 11.1 Å². The van der Waals surface area contributed by atoms with Crippen LogP contribution >= 0.6 is 15.9 Å². The Hall–Kier alpha value is -0.515. The zero-order valence-corrected chi connectivity index (χ0v) is 10.3. The van der Waals surface area contributed by atoms with Gasteiger partial charge in [0, 0.05) is 19.8 Å². The second-order valence-electron chi connectivity index (χ2n) is 2.97. The van der Waals surface area contributed by atoms with Crippen LogP contribution in [0.1, 0.15) is 5.56 Å². The average Bonchev–Trinajstić information content (AvgIpc) is 2.17. The Balaban J connectivity index is 2.97. The fraction of sp³-hybridized carbons (Fsp3) is 0.400. The van der Waals surface area contributed by atoms with Crippen molar-refractivity contribution in [2.75, 3.05) is 21.0 Å². The van der Waals surface area contributed by atoms with Gasteiger partial charge in [-0.1, -0.05) is 17.6 Å². The summed E-state index contributed by atoms with van der Waals surface area (Å²) in [7, 11) is 8.91. The van der Waals surface area contributed by atoms with Crippen molar-refractivity contribution in [2.24, 2.45) is 0 Å². The van der Waals surface area contributed by atoms with Crippen LogP contribution in [-0.4, -0.2) is 28.9 Å². The smallest absolute Gasteiger partial charge is 0.188 e.